The van der Waals surface area contributed by atoms with E-state index in [4.69, 9.17) is 4.74 Å². The zero-order valence-corrected chi connectivity index (χ0v) is 23.5. The third-order valence-electron chi connectivity index (χ3n) is 7.75. The molecule has 2 aliphatic rings. The third-order valence-corrected chi connectivity index (χ3v) is 9.19. The summed E-state index contributed by atoms with van der Waals surface area (Å²) >= 11 is 0. The zero-order valence-electron chi connectivity index (χ0n) is 22.7. The molecule has 1 saturated heterocycles. The van der Waals surface area contributed by atoms with Crippen LogP contribution in [0.1, 0.15) is 41.3 Å². The molecule has 10 nitrogen and oxygen atoms in total. The fourth-order valence-electron chi connectivity index (χ4n) is 5.33. The molecule has 5 rings (SSSR count). The Bertz CT molecular complexity index is 1510. The summed E-state index contributed by atoms with van der Waals surface area (Å²) in [5, 5.41) is 30.4. The van der Waals surface area contributed by atoms with Gasteiger partial charge in [-0.05, 0) is 50.0 Å². The van der Waals surface area contributed by atoms with E-state index in [1.807, 2.05) is 48.0 Å². The van der Waals surface area contributed by atoms with Crippen LogP contribution < -0.4 is 14.9 Å². The number of amides is 1. The number of anilines is 1. The average molecular weight is 569 g/mol. The Kier molecular flexibility index (Phi) is 8.03. The van der Waals surface area contributed by atoms with Gasteiger partial charge in [-0.25, -0.2) is 8.42 Å². The molecule has 0 saturated carbocycles. The molecule has 1 aromatic heterocycles. The zero-order chi connectivity index (χ0) is 28.5. The molecule has 0 aliphatic carbocycles. The van der Waals surface area contributed by atoms with Gasteiger partial charge in [0.25, 0.3) is 15.9 Å². The van der Waals surface area contributed by atoms with Crippen molar-refractivity contribution in [2.75, 3.05) is 31.1 Å². The fraction of sp³-hybridized carbons (Fsp3) is 0.414. The van der Waals surface area contributed by atoms with Crippen LogP contribution >= 0.6 is 0 Å². The molecule has 3 aromatic rings. The van der Waals surface area contributed by atoms with Crippen molar-refractivity contribution in [3.05, 3.63) is 70.8 Å². The van der Waals surface area contributed by atoms with E-state index in [-0.39, 0.29) is 24.6 Å². The predicted molar refractivity (Wildman–Crippen MR) is 154 cm³/mol. The highest BCUT2D eigenvalue weighted by atomic mass is 32.2. The van der Waals surface area contributed by atoms with Crippen molar-refractivity contribution < 1.29 is 28.2 Å². The van der Waals surface area contributed by atoms with Gasteiger partial charge >= 0.3 is 0 Å². The number of benzene rings is 2. The molecule has 40 heavy (non-hydrogen) atoms. The van der Waals surface area contributed by atoms with E-state index < -0.39 is 27.8 Å². The molecule has 0 unspecified atom stereocenters. The fourth-order valence-corrected chi connectivity index (χ4v) is 6.25. The minimum absolute atomic E-state index is 0.0852. The Hall–Kier alpha value is -3.22. The number of hydrogen-bond acceptors (Lipinski definition) is 7. The van der Waals surface area contributed by atoms with Gasteiger partial charge in [0.2, 0.25) is 0 Å². The summed E-state index contributed by atoms with van der Waals surface area (Å²) in [7, 11) is -2.27. The molecule has 214 valence electrons. The van der Waals surface area contributed by atoms with Gasteiger partial charge in [-0.15, -0.1) is 0 Å². The van der Waals surface area contributed by atoms with Gasteiger partial charge in [-0.3, -0.25) is 9.10 Å². The first-order chi connectivity index (χ1) is 19.1. The third kappa shape index (κ3) is 5.79. The lowest BCUT2D eigenvalue weighted by atomic mass is 9.96. The molecular formula is C29H36N4O6S. The summed E-state index contributed by atoms with van der Waals surface area (Å²) in [5.41, 5.74) is 2.90. The number of sulfonamides is 1. The Labute approximate surface area is 234 Å². The lowest BCUT2D eigenvalue weighted by Crippen LogP contribution is -2.59. The van der Waals surface area contributed by atoms with Crippen LogP contribution in [-0.4, -0.2) is 73.8 Å². The van der Waals surface area contributed by atoms with Gasteiger partial charge in [0.15, 0.2) is 5.79 Å². The number of aryl methyl sites for hydroxylation is 1. The van der Waals surface area contributed by atoms with Crippen LogP contribution in [0, 0.1) is 0 Å². The van der Waals surface area contributed by atoms with Crippen LogP contribution in [0.3, 0.4) is 0 Å². The molecule has 1 amide bonds. The molecule has 2 aliphatic heterocycles. The van der Waals surface area contributed by atoms with Gasteiger partial charge in [0.05, 0.1) is 29.2 Å². The maximum atomic E-state index is 13.7. The van der Waals surface area contributed by atoms with Crippen LogP contribution in [-0.2, 0) is 27.7 Å². The monoisotopic (exact) mass is 568 g/mol. The Morgan fingerprint density at radius 1 is 1.18 bits per heavy atom. The lowest BCUT2D eigenvalue weighted by Gasteiger charge is -2.34. The Morgan fingerprint density at radius 2 is 1.90 bits per heavy atom. The normalized spacial score (nSPS) is 18.1. The first-order valence-electron chi connectivity index (χ1n) is 13.5. The standard InChI is InChI=1S/C29H36N4O6S/c1-3-33-18-21-11-14-40(37,38)32(2)24-16-22(17-25(33)27(21)24)28(34)31-26(15-20-7-5-4-6-8-20)29(35,36)19-30-23-9-12-39-13-10-23/h4-8,11,14,16-18,23,26,30,35-36H,3,9-10,12-13,15,19H2,1-2H3,(H,31,34)/t26-/m0/s1. The number of nitrogens with one attached hydrogen (secondary N) is 2. The van der Waals surface area contributed by atoms with E-state index >= 15 is 0 Å². The van der Waals surface area contributed by atoms with E-state index in [2.05, 4.69) is 10.6 Å². The van der Waals surface area contributed by atoms with Crippen LogP contribution in [0.5, 0.6) is 0 Å². The minimum Gasteiger partial charge on any atom is -0.381 e. The molecule has 1 atom stereocenters. The van der Waals surface area contributed by atoms with E-state index in [1.54, 1.807) is 18.2 Å². The average Bonchev–Trinajstić information content (AvgIpc) is 3.28. The number of aliphatic hydroxyl groups is 2. The Morgan fingerprint density at radius 3 is 2.60 bits per heavy atom. The number of aromatic nitrogens is 1. The largest absolute Gasteiger partial charge is 0.381 e. The van der Waals surface area contributed by atoms with Crippen LogP contribution in [0.15, 0.2) is 54.1 Å². The topological polar surface area (TPSA) is 133 Å². The van der Waals surface area contributed by atoms with Crippen molar-refractivity contribution in [1.82, 2.24) is 15.2 Å². The van der Waals surface area contributed by atoms with Gasteiger partial charge in [-0.1, -0.05) is 30.3 Å². The summed E-state index contributed by atoms with van der Waals surface area (Å²) in [6, 6.07) is 11.6. The number of nitrogens with zero attached hydrogens (tertiary/aromatic N) is 2. The molecule has 0 radical (unpaired) electrons. The molecule has 2 aromatic carbocycles. The second-order valence-corrected chi connectivity index (χ2v) is 12.3. The maximum absolute atomic E-state index is 13.7. The number of carbonyl (C=O) groups is 1. The molecule has 0 spiro atoms. The highest BCUT2D eigenvalue weighted by molar-refractivity contribution is 7.95. The molecule has 4 N–H and O–H groups in total. The van der Waals surface area contributed by atoms with Crippen LogP contribution in [0.25, 0.3) is 17.0 Å². The minimum atomic E-state index is -3.73. The number of carbonyl (C=O) groups excluding carboxylic acids is 1. The van der Waals surface area contributed by atoms with E-state index in [0.29, 0.717) is 31.0 Å². The van der Waals surface area contributed by atoms with E-state index in [1.165, 1.54) is 11.4 Å². The maximum Gasteiger partial charge on any atom is 0.257 e. The Balaban J connectivity index is 1.47. The lowest BCUT2D eigenvalue weighted by molar-refractivity contribution is -0.179. The summed E-state index contributed by atoms with van der Waals surface area (Å²) in [4.78, 5) is 13.7. The molecule has 11 heteroatoms. The second kappa shape index (κ2) is 11.3. The predicted octanol–water partition coefficient (Wildman–Crippen LogP) is 2.20. The van der Waals surface area contributed by atoms with Crippen molar-refractivity contribution in [2.45, 2.75) is 50.6 Å². The first kappa shape index (κ1) is 28.3. The van der Waals surface area contributed by atoms with Crippen LogP contribution in [0.2, 0.25) is 0 Å². The smallest absolute Gasteiger partial charge is 0.257 e. The van der Waals surface area contributed by atoms with Crippen molar-refractivity contribution in [1.29, 1.82) is 0 Å². The van der Waals surface area contributed by atoms with Gasteiger partial charge < -0.3 is 30.2 Å². The number of hydrogen-bond donors (Lipinski definition) is 4. The van der Waals surface area contributed by atoms with Gasteiger partial charge in [0, 0.05) is 55.6 Å². The highest BCUT2D eigenvalue weighted by Gasteiger charge is 2.37. The molecule has 3 heterocycles. The van der Waals surface area contributed by atoms with Crippen molar-refractivity contribution >= 4 is 38.6 Å². The first-order valence-corrected chi connectivity index (χ1v) is 15.0. The molecule has 0 bridgehead atoms. The number of rotatable bonds is 9. The second-order valence-electron chi connectivity index (χ2n) is 10.4. The highest BCUT2D eigenvalue weighted by Crippen LogP contribution is 2.37. The van der Waals surface area contributed by atoms with Crippen molar-refractivity contribution in [2.24, 2.45) is 0 Å². The molecule has 1 fully saturated rings. The van der Waals surface area contributed by atoms with E-state index in [0.717, 1.165) is 34.8 Å². The van der Waals surface area contributed by atoms with Crippen molar-refractivity contribution in [3.8, 4) is 0 Å². The quantitative estimate of drug-likeness (QED) is 0.291. The van der Waals surface area contributed by atoms with Crippen LogP contribution in [0.4, 0.5) is 5.69 Å². The van der Waals surface area contributed by atoms with E-state index in [9.17, 15) is 23.4 Å². The molecular weight excluding hydrogens is 532 g/mol. The summed E-state index contributed by atoms with van der Waals surface area (Å²) in [6.45, 7) is 3.66. The SMILES string of the molecule is CCn1cc2c3c(cc(C(=O)N[C@@H](Cc4ccccc4)C(O)(O)CNC4CCOCC4)cc31)N(C)S(=O)(=O)C=C2. The number of ether oxygens (including phenoxy) is 1. The van der Waals surface area contributed by atoms with Gasteiger partial charge in [0.1, 0.15) is 0 Å². The summed E-state index contributed by atoms with van der Waals surface area (Å²) in [6.07, 6.45) is 5.15. The summed E-state index contributed by atoms with van der Waals surface area (Å²) < 4.78 is 34.1. The summed E-state index contributed by atoms with van der Waals surface area (Å²) in [5.74, 6) is -2.80. The van der Waals surface area contributed by atoms with Gasteiger partial charge in [-0.2, -0.15) is 0 Å². The van der Waals surface area contributed by atoms with Crippen molar-refractivity contribution in [3.63, 3.8) is 0 Å².